The third-order valence-corrected chi connectivity index (χ3v) is 3.19. The molecule has 5 heteroatoms. The number of rotatable bonds is 2. The van der Waals surface area contributed by atoms with Gasteiger partial charge in [-0.2, -0.15) is 5.10 Å². The van der Waals surface area contributed by atoms with E-state index in [0.29, 0.717) is 11.6 Å². The second-order valence-electron chi connectivity index (χ2n) is 4.43. The Morgan fingerprint density at radius 1 is 1.33 bits per heavy atom. The molecule has 2 amide bonds. The number of aromatic amines is 1. The van der Waals surface area contributed by atoms with Gasteiger partial charge in [-0.15, -0.1) is 0 Å². The minimum Gasteiger partial charge on any atom is -0.323 e. The molecule has 0 atom stereocenters. The normalized spacial score (nSPS) is 15.2. The van der Waals surface area contributed by atoms with Crippen LogP contribution in [-0.2, 0) is 0 Å². The molecule has 1 aromatic heterocycles. The Morgan fingerprint density at radius 3 is 2.78 bits per heavy atom. The highest BCUT2D eigenvalue weighted by molar-refractivity contribution is 5.89. The number of nitrogens with zero attached hydrogens (tertiary/aromatic N) is 2. The maximum Gasteiger partial charge on any atom is 0.321 e. The van der Waals surface area contributed by atoms with Crippen LogP contribution in [0.3, 0.4) is 0 Å². The van der Waals surface area contributed by atoms with E-state index in [1.165, 1.54) is 5.56 Å². The Balaban J connectivity index is 1.54. The summed E-state index contributed by atoms with van der Waals surface area (Å²) < 4.78 is 0. The number of anilines is 1. The van der Waals surface area contributed by atoms with E-state index >= 15 is 0 Å². The summed E-state index contributed by atoms with van der Waals surface area (Å²) in [6, 6.07) is 10.2. The predicted molar refractivity (Wildman–Crippen MR) is 68.4 cm³/mol. The van der Waals surface area contributed by atoms with Crippen molar-refractivity contribution in [2.45, 2.75) is 5.92 Å². The monoisotopic (exact) mass is 242 g/mol. The lowest BCUT2D eigenvalue weighted by molar-refractivity contribution is 0.164. The van der Waals surface area contributed by atoms with Gasteiger partial charge < -0.3 is 10.2 Å². The van der Waals surface area contributed by atoms with Crippen molar-refractivity contribution in [2.24, 2.45) is 0 Å². The van der Waals surface area contributed by atoms with Crippen molar-refractivity contribution < 1.29 is 4.79 Å². The van der Waals surface area contributed by atoms with Crippen LogP contribution in [0.1, 0.15) is 11.5 Å². The molecule has 92 valence electrons. The standard InChI is InChI=1S/C13H14N4O/c18-13(16-12-6-14-15-7-12)17-8-11(9-17)10-4-2-1-3-5-10/h1-7,11H,8-9H2,(H,14,15)(H,16,18). The fraction of sp³-hybridized carbons (Fsp3) is 0.231. The summed E-state index contributed by atoms with van der Waals surface area (Å²) in [5.74, 6) is 0.460. The van der Waals surface area contributed by atoms with Crippen LogP contribution in [-0.4, -0.2) is 34.2 Å². The zero-order chi connectivity index (χ0) is 12.4. The zero-order valence-electron chi connectivity index (χ0n) is 9.84. The Labute approximate surface area is 105 Å². The molecule has 1 fully saturated rings. The van der Waals surface area contributed by atoms with Gasteiger partial charge in [0.05, 0.1) is 11.9 Å². The van der Waals surface area contributed by atoms with Crippen LogP contribution in [0.5, 0.6) is 0 Å². The molecule has 18 heavy (non-hydrogen) atoms. The van der Waals surface area contributed by atoms with E-state index in [9.17, 15) is 4.79 Å². The number of hydrogen-bond acceptors (Lipinski definition) is 2. The summed E-state index contributed by atoms with van der Waals surface area (Å²) >= 11 is 0. The number of carbonyl (C=O) groups excluding carboxylic acids is 1. The van der Waals surface area contributed by atoms with Crippen molar-refractivity contribution >= 4 is 11.7 Å². The Morgan fingerprint density at radius 2 is 2.11 bits per heavy atom. The third-order valence-electron chi connectivity index (χ3n) is 3.19. The Bertz CT molecular complexity index is 517. The number of urea groups is 1. The van der Waals surface area contributed by atoms with Crippen LogP contribution in [0.2, 0.25) is 0 Å². The highest BCUT2D eigenvalue weighted by atomic mass is 16.2. The molecular formula is C13H14N4O. The first kappa shape index (κ1) is 10.8. The van der Waals surface area contributed by atoms with E-state index in [2.05, 4.69) is 27.6 Å². The first-order chi connectivity index (χ1) is 8.83. The summed E-state index contributed by atoms with van der Waals surface area (Å²) in [6.07, 6.45) is 3.25. The quantitative estimate of drug-likeness (QED) is 0.846. The number of likely N-dealkylation sites (tertiary alicyclic amines) is 1. The summed E-state index contributed by atoms with van der Waals surface area (Å²) in [5.41, 5.74) is 1.99. The van der Waals surface area contributed by atoms with Crippen molar-refractivity contribution in [3.05, 3.63) is 48.3 Å². The third kappa shape index (κ3) is 2.07. The predicted octanol–water partition coefficient (Wildman–Crippen LogP) is 2.04. The van der Waals surface area contributed by atoms with Gasteiger partial charge in [-0.1, -0.05) is 30.3 Å². The molecule has 0 saturated carbocycles. The fourth-order valence-electron chi connectivity index (χ4n) is 2.10. The number of nitrogens with one attached hydrogen (secondary N) is 2. The van der Waals surface area contributed by atoms with Crippen molar-refractivity contribution in [2.75, 3.05) is 18.4 Å². The molecule has 2 aromatic rings. The van der Waals surface area contributed by atoms with Gasteiger partial charge in [0.2, 0.25) is 0 Å². The molecule has 1 aliphatic rings. The average Bonchev–Trinajstić information content (AvgIpc) is 2.81. The molecule has 0 bridgehead atoms. The highest BCUT2D eigenvalue weighted by Gasteiger charge is 2.31. The maximum atomic E-state index is 11.8. The van der Waals surface area contributed by atoms with Gasteiger partial charge >= 0.3 is 6.03 Å². The topological polar surface area (TPSA) is 61.0 Å². The van der Waals surface area contributed by atoms with Crippen LogP contribution in [0.15, 0.2) is 42.7 Å². The summed E-state index contributed by atoms with van der Waals surface area (Å²) in [7, 11) is 0. The van der Waals surface area contributed by atoms with E-state index < -0.39 is 0 Å². The van der Waals surface area contributed by atoms with E-state index in [1.54, 1.807) is 17.3 Å². The molecule has 5 nitrogen and oxygen atoms in total. The van der Waals surface area contributed by atoms with Gasteiger partial charge in [0.1, 0.15) is 0 Å². The first-order valence-electron chi connectivity index (χ1n) is 5.92. The molecule has 1 aromatic carbocycles. The van der Waals surface area contributed by atoms with E-state index in [4.69, 9.17) is 0 Å². The number of aromatic nitrogens is 2. The highest BCUT2D eigenvalue weighted by Crippen LogP contribution is 2.27. The minimum atomic E-state index is -0.0661. The van der Waals surface area contributed by atoms with Gasteiger partial charge in [-0.3, -0.25) is 5.10 Å². The van der Waals surface area contributed by atoms with Crippen LogP contribution in [0.4, 0.5) is 10.5 Å². The van der Waals surface area contributed by atoms with Crippen LogP contribution in [0, 0.1) is 0 Å². The van der Waals surface area contributed by atoms with Gasteiger partial charge in [-0.05, 0) is 5.56 Å². The fourth-order valence-corrected chi connectivity index (χ4v) is 2.10. The minimum absolute atomic E-state index is 0.0661. The van der Waals surface area contributed by atoms with Crippen molar-refractivity contribution in [1.82, 2.24) is 15.1 Å². The van der Waals surface area contributed by atoms with Gasteiger partial charge in [0, 0.05) is 25.2 Å². The Hall–Kier alpha value is -2.30. The summed E-state index contributed by atoms with van der Waals surface area (Å²) in [4.78, 5) is 13.6. The number of hydrogen-bond donors (Lipinski definition) is 2. The number of benzene rings is 1. The SMILES string of the molecule is O=C(Nc1cn[nH]c1)N1CC(c2ccccc2)C1. The lowest BCUT2D eigenvalue weighted by atomic mass is 9.92. The van der Waals surface area contributed by atoms with Gasteiger partial charge in [-0.25, -0.2) is 4.79 Å². The van der Waals surface area contributed by atoms with Crippen LogP contribution >= 0.6 is 0 Å². The maximum absolute atomic E-state index is 11.8. The van der Waals surface area contributed by atoms with E-state index in [-0.39, 0.29) is 6.03 Å². The lowest BCUT2D eigenvalue weighted by Gasteiger charge is -2.39. The molecule has 3 rings (SSSR count). The molecule has 2 heterocycles. The molecule has 2 N–H and O–H groups in total. The van der Waals surface area contributed by atoms with Crippen molar-refractivity contribution in [1.29, 1.82) is 0 Å². The molecule has 0 radical (unpaired) electrons. The van der Waals surface area contributed by atoms with E-state index in [0.717, 1.165) is 13.1 Å². The average molecular weight is 242 g/mol. The van der Waals surface area contributed by atoms with Crippen molar-refractivity contribution in [3.63, 3.8) is 0 Å². The molecule has 1 aliphatic heterocycles. The van der Waals surface area contributed by atoms with Crippen molar-refractivity contribution in [3.8, 4) is 0 Å². The van der Waals surface area contributed by atoms with E-state index in [1.807, 2.05) is 18.2 Å². The second kappa shape index (κ2) is 4.52. The van der Waals surface area contributed by atoms with Crippen LogP contribution in [0.25, 0.3) is 0 Å². The number of carbonyl (C=O) groups is 1. The largest absolute Gasteiger partial charge is 0.323 e. The Kier molecular flexibility index (Phi) is 2.72. The zero-order valence-corrected chi connectivity index (χ0v) is 9.84. The summed E-state index contributed by atoms with van der Waals surface area (Å²) in [5, 5.41) is 9.23. The van der Waals surface area contributed by atoms with Gasteiger partial charge in [0.15, 0.2) is 0 Å². The molecule has 1 saturated heterocycles. The smallest absolute Gasteiger partial charge is 0.321 e. The molecule has 0 unspecified atom stereocenters. The number of H-pyrrole nitrogens is 1. The molecule has 0 spiro atoms. The van der Waals surface area contributed by atoms with Gasteiger partial charge in [0.25, 0.3) is 0 Å². The summed E-state index contributed by atoms with van der Waals surface area (Å²) in [6.45, 7) is 1.54. The second-order valence-corrected chi connectivity index (χ2v) is 4.43. The van der Waals surface area contributed by atoms with Crippen LogP contribution < -0.4 is 5.32 Å². The molecule has 0 aliphatic carbocycles. The lowest BCUT2D eigenvalue weighted by Crippen LogP contribution is -2.50. The number of amides is 2. The molecular weight excluding hydrogens is 228 g/mol. The first-order valence-corrected chi connectivity index (χ1v) is 5.92.